The smallest absolute Gasteiger partial charge is 0.253 e. The maximum Gasteiger partial charge on any atom is 0.253 e. The lowest BCUT2D eigenvalue weighted by Crippen LogP contribution is -2.48. The zero-order valence-corrected chi connectivity index (χ0v) is 17.5. The van der Waals surface area contributed by atoms with Gasteiger partial charge in [-0.1, -0.05) is 0 Å². The molecule has 31 heavy (non-hydrogen) atoms. The maximum atomic E-state index is 12.9. The van der Waals surface area contributed by atoms with Gasteiger partial charge in [-0.3, -0.25) is 9.69 Å². The van der Waals surface area contributed by atoms with Crippen molar-refractivity contribution in [2.45, 2.75) is 6.54 Å². The molecule has 2 aromatic carbocycles. The Labute approximate surface area is 180 Å². The van der Waals surface area contributed by atoms with Crippen molar-refractivity contribution in [1.29, 1.82) is 0 Å². The fraction of sp³-hybridized carbons (Fsp3) is 0.250. The highest BCUT2D eigenvalue weighted by atomic mass is 16.5. The van der Waals surface area contributed by atoms with Crippen molar-refractivity contribution in [3.8, 4) is 11.4 Å². The molecule has 4 aromatic rings. The zero-order chi connectivity index (χ0) is 21.2. The second-order valence-electron chi connectivity index (χ2n) is 7.77. The van der Waals surface area contributed by atoms with Crippen molar-refractivity contribution in [1.82, 2.24) is 24.3 Å². The summed E-state index contributed by atoms with van der Waals surface area (Å²) >= 11 is 0. The summed E-state index contributed by atoms with van der Waals surface area (Å²) in [6, 6.07) is 17.6. The summed E-state index contributed by atoms with van der Waals surface area (Å²) in [5, 5.41) is 0. The lowest BCUT2D eigenvalue weighted by molar-refractivity contribution is 0.0626. The van der Waals surface area contributed by atoms with E-state index in [0.717, 1.165) is 53.5 Å². The summed E-state index contributed by atoms with van der Waals surface area (Å²) in [5.74, 6) is 1.84. The van der Waals surface area contributed by atoms with Gasteiger partial charge in [0.1, 0.15) is 11.6 Å². The second-order valence-corrected chi connectivity index (χ2v) is 7.77. The second kappa shape index (κ2) is 8.28. The molecule has 7 nitrogen and oxygen atoms in total. The largest absolute Gasteiger partial charge is 0.497 e. The first kappa shape index (κ1) is 19.4. The van der Waals surface area contributed by atoms with E-state index in [2.05, 4.69) is 14.9 Å². The molecular weight excluding hydrogens is 390 g/mol. The van der Waals surface area contributed by atoms with E-state index < -0.39 is 0 Å². The van der Waals surface area contributed by atoms with Crippen molar-refractivity contribution in [2.24, 2.45) is 0 Å². The number of fused-ring (bicyclic) bond motifs is 1. The fourth-order valence-corrected chi connectivity index (χ4v) is 4.03. The number of nitrogens with one attached hydrogen (secondary N) is 1. The number of carbonyl (C=O) groups excluding carboxylic acids is 1. The number of H-pyrrole nitrogens is 1. The minimum atomic E-state index is 0.0922. The highest BCUT2D eigenvalue weighted by molar-refractivity contribution is 5.94. The van der Waals surface area contributed by atoms with Gasteiger partial charge in [0.25, 0.3) is 5.91 Å². The number of aromatic amines is 1. The number of imidazole rings is 1. The number of hydrogen-bond acceptors (Lipinski definition) is 4. The van der Waals surface area contributed by atoms with Crippen LogP contribution in [-0.4, -0.2) is 63.5 Å². The molecule has 1 aliphatic heterocycles. The van der Waals surface area contributed by atoms with E-state index in [-0.39, 0.29) is 5.91 Å². The molecule has 1 N–H and O–H groups in total. The minimum Gasteiger partial charge on any atom is -0.497 e. The molecule has 0 bridgehead atoms. The van der Waals surface area contributed by atoms with Gasteiger partial charge >= 0.3 is 0 Å². The SMILES string of the molecule is COc1ccc2nc(CN3CCN(C(=O)c4ccc(-n5cccc5)cc4)CC3)[nH]c2c1. The topological polar surface area (TPSA) is 66.4 Å². The Kier molecular flexibility index (Phi) is 5.18. The van der Waals surface area contributed by atoms with Crippen molar-refractivity contribution in [3.63, 3.8) is 0 Å². The molecule has 5 rings (SSSR count). The highest BCUT2D eigenvalue weighted by Gasteiger charge is 2.23. The van der Waals surface area contributed by atoms with Gasteiger partial charge in [0.05, 0.1) is 24.7 Å². The molecule has 0 radical (unpaired) electrons. The van der Waals surface area contributed by atoms with Crippen LogP contribution in [0, 0.1) is 0 Å². The quantitative estimate of drug-likeness (QED) is 0.543. The summed E-state index contributed by atoms with van der Waals surface area (Å²) in [7, 11) is 1.66. The van der Waals surface area contributed by atoms with Gasteiger partial charge in [-0.15, -0.1) is 0 Å². The van der Waals surface area contributed by atoms with Gasteiger partial charge in [-0.25, -0.2) is 4.98 Å². The van der Waals surface area contributed by atoms with Crippen molar-refractivity contribution in [3.05, 3.63) is 78.4 Å². The molecule has 1 amide bonds. The molecule has 1 aliphatic rings. The summed E-state index contributed by atoms with van der Waals surface area (Å²) in [4.78, 5) is 25.2. The Morgan fingerprint density at radius 3 is 2.48 bits per heavy atom. The zero-order valence-electron chi connectivity index (χ0n) is 17.5. The lowest BCUT2D eigenvalue weighted by atomic mass is 10.1. The van der Waals surface area contributed by atoms with E-state index in [1.165, 1.54) is 0 Å². The lowest BCUT2D eigenvalue weighted by Gasteiger charge is -2.34. The monoisotopic (exact) mass is 415 g/mol. The van der Waals surface area contributed by atoms with E-state index in [9.17, 15) is 4.79 Å². The van der Waals surface area contributed by atoms with Crippen LogP contribution in [0.3, 0.4) is 0 Å². The summed E-state index contributed by atoms with van der Waals surface area (Å²) < 4.78 is 7.31. The molecular formula is C24H25N5O2. The van der Waals surface area contributed by atoms with Gasteiger partial charge in [-0.05, 0) is 48.5 Å². The molecule has 0 saturated carbocycles. The molecule has 0 spiro atoms. The third-order valence-corrected chi connectivity index (χ3v) is 5.79. The summed E-state index contributed by atoms with van der Waals surface area (Å²) in [6.07, 6.45) is 3.99. The van der Waals surface area contributed by atoms with Gasteiger partial charge in [0.15, 0.2) is 0 Å². The van der Waals surface area contributed by atoms with Gasteiger partial charge in [0, 0.05) is 55.9 Å². The van der Waals surface area contributed by atoms with Crippen LogP contribution < -0.4 is 4.74 Å². The predicted octanol–water partition coefficient (Wildman–Crippen LogP) is 3.32. The number of aromatic nitrogens is 3. The first-order chi connectivity index (χ1) is 15.2. The Bertz CT molecular complexity index is 1170. The Hall–Kier alpha value is -3.58. The first-order valence-corrected chi connectivity index (χ1v) is 10.5. The van der Waals surface area contributed by atoms with Gasteiger partial charge < -0.3 is 19.2 Å². The number of hydrogen-bond donors (Lipinski definition) is 1. The number of piperazine rings is 1. The molecule has 1 fully saturated rings. The number of methoxy groups -OCH3 is 1. The predicted molar refractivity (Wildman–Crippen MR) is 120 cm³/mol. The molecule has 0 atom stereocenters. The Morgan fingerprint density at radius 2 is 1.77 bits per heavy atom. The number of nitrogens with zero attached hydrogens (tertiary/aromatic N) is 4. The average Bonchev–Trinajstić information content (AvgIpc) is 3.48. The van der Waals surface area contributed by atoms with E-state index in [0.29, 0.717) is 13.1 Å². The molecule has 0 unspecified atom stereocenters. The third-order valence-electron chi connectivity index (χ3n) is 5.79. The number of ether oxygens (including phenoxy) is 1. The normalized spacial score (nSPS) is 14.8. The van der Waals surface area contributed by atoms with Crippen molar-refractivity contribution >= 4 is 16.9 Å². The summed E-state index contributed by atoms with van der Waals surface area (Å²) in [6.45, 7) is 3.82. The van der Waals surface area contributed by atoms with Crippen molar-refractivity contribution < 1.29 is 9.53 Å². The maximum absolute atomic E-state index is 12.9. The van der Waals surface area contributed by atoms with Crippen LogP contribution in [0.2, 0.25) is 0 Å². The molecule has 158 valence electrons. The van der Waals surface area contributed by atoms with Crippen LogP contribution in [0.1, 0.15) is 16.2 Å². The van der Waals surface area contributed by atoms with Gasteiger partial charge in [-0.2, -0.15) is 0 Å². The van der Waals surface area contributed by atoms with E-state index in [1.807, 2.05) is 76.5 Å². The van der Waals surface area contributed by atoms with Crippen LogP contribution in [0.15, 0.2) is 67.0 Å². The standard InChI is InChI=1S/C24H25N5O2/c1-31-20-8-9-21-22(16-20)26-23(25-21)17-27-12-14-29(15-13-27)24(30)18-4-6-19(7-5-18)28-10-2-3-11-28/h2-11,16H,12-15,17H2,1H3,(H,25,26). The summed E-state index contributed by atoms with van der Waals surface area (Å²) in [5.41, 5.74) is 3.70. The van der Waals surface area contributed by atoms with Gasteiger partial charge in [0.2, 0.25) is 0 Å². The van der Waals surface area contributed by atoms with E-state index in [1.54, 1.807) is 7.11 Å². The number of benzene rings is 2. The first-order valence-electron chi connectivity index (χ1n) is 10.5. The number of carbonyl (C=O) groups is 1. The van der Waals surface area contributed by atoms with Crippen LogP contribution in [0.4, 0.5) is 0 Å². The third kappa shape index (κ3) is 4.04. The molecule has 1 saturated heterocycles. The Morgan fingerprint density at radius 1 is 1.03 bits per heavy atom. The van der Waals surface area contributed by atoms with E-state index >= 15 is 0 Å². The molecule has 3 heterocycles. The fourth-order valence-electron chi connectivity index (χ4n) is 4.03. The average molecular weight is 415 g/mol. The highest BCUT2D eigenvalue weighted by Crippen LogP contribution is 2.20. The van der Waals surface area contributed by atoms with Crippen LogP contribution in [0.5, 0.6) is 5.75 Å². The minimum absolute atomic E-state index is 0.0922. The van der Waals surface area contributed by atoms with E-state index in [4.69, 9.17) is 4.74 Å². The Balaban J connectivity index is 1.19. The molecule has 7 heteroatoms. The number of amides is 1. The van der Waals surface area contributed by atoms with Crippen molar-refractivity contribution in [2.75, 3.05) is 33.3 Å². The van der Waals surface area contributed by atoms with Crippen LogP contribution >= 0.6 is 0 Å². The molecule has 2 aromatic heterocycles. The van der Waals surface area contributed by atoms with Crippen LogP contribution in [0.25, 0.3) is 16.7 Å². The molecule has 0 aliphatic carbocycles. The van der Waals surface area contributed by atoms with Crippen LogP contribution in [-0.2, 0) is 6.54 Å². The number of rotatable bonds is 5.